The van der Waals surface area contributed by atoms with Gasteiger partial charge in [0.05, 0.1) is 7.11 Å². The normalized spacial score (nSPS) is 13.3. The molecule has 0 aliphatic heterocycles. The number of nitrogens with one attached hydrogen (secondary N) is 1. The summed E-state index contributed by atoms with van der Waals surface area (Å²) in [5, 5.41) is 3.46. The standard InChI is InChI=1S/C17H28FNO/c1-6-11-19-16(9-10-17(2,3)4)14-8-7-13(20-5)12-15(14)18/h7-8,12,16,19H,6,9-11H2,1-5H3. The summed E-state index contributed by atoms with van der Waals surface area (Å²) in [6.07, 6.45) is 3.04. The molecule has 0 fully saturated rings. The molecule has 1 aromatic carbocycles. The van der Waals surface area contributed by atoms with Crippen LogP contribution in [0, 0.1) is 11.2 Å². The number of hydrogen-bond donors (Lipinski definition) is 1. The van der Waals surface area contributed by atoms with Crippen LogP contribution in [-0.4, -0.2) is 13.7 Å². The molecule has 0 bridgehead atoms. The van der Waals surface area contributed by atoms with E-state index in [4.69, 9.17) is 4.74 Å². The zero-order valence-corrected chi connectivity index (χ0v) is 13.4. The van der Waals surface area contributed by atoms with Crippen molar-refractivity contribution >= 4 is 0 Å². The Bertz CT molecular complexity index is 412. The maximum absolute atomic E-state index is 14.2. The van der Waals surface area contributed by atoms with Gasteiger partial charge >= 0.3 is 0 Å². The van der Waals surface area contributed by atoms with Crippen molar-refractivity contribution in [1.29, 1.82) is 0 Å². The van der Waals surface area contributed by atoms with Crippen LogP contribution in [0.25, 0.3) is 0 Å². The zero-order valence-electron chi connectivity index (χ0n) is 13.4. The van der Waals surface area contributed by atoms with Crippen LogP contribution in [0.4, 0.5) is 4.39 Å². The number of hydrogen-bond acceptors (Lipinski definition) is 2. The maximum Gasteiger partial charge on any atom is 0.131 e. The lowest BCUT2D eigenvalue weighted by Gasteiger charge is -2.25. The SMILES string of the molecule is CCCNC(CCC(C)(C)C)c1ccc(OC)cc1F. The Balaban J connectivity index is 2.86. The summed E-state index contributed by atoms with van der Waals surface area (Å²) in [7, 11) is 1.56. The molecular formula is C17H28FNO. The molecule has 1 N–H and O–H groups in total. The average molecular weight is 281 g/mol. The van der Waals surface area contributed by atoms with Gasteiger partial charge in [0.1, 0.15) is 11.6 Å². The molecule has 0 spiro atoms. The Morgan fingerprint density at radius 2 is 2.00 bits per heavy atom. The minimum absolute atomic E-state index is 0.0695. The van der Waals surface area contributed by atoms with Crippen molar-refractivity contribution in [3.8, 4) is 5.75 Å². The van der Waals surface area contributed by atoms with E-state index in [1.54, 1.807) is 7.11 Å². The highest BCUT2D eigenvalue weighted by atomic mass is 19.1. The monoisotopic (exact) mass is 281 g/mol. The third kappa shape index (κ3) is 5.49. The van der Waals surface area contributed by atoms with E-state index >= 15 is 0 Å². The molecule has 114 valence electrons. The van der Waals surface area contributed by atoms with Crippen molar-refractivity contribution in [3.05, 3.63) is 29.6 Å². The van der Waals surface area contributed by atoms with Crippen molar-refractivity contribution in [2.24, 2.45) is 5.41 Å². The average Bonchev–Trinajstić information content (AvgIpc) is 2.38. The molecule has 0 saturated heterocycles. The van der Waals surface area contributed by atoms with E-state index in [0.29, 0.717) is 5.75 Å². The Morgan fingerprint density at radius 3 is 2.50 bits per heavy atom. The van der Waals surface area contributed by atoms with Gasteiger partial charge in [0, 0.05) is 17.7 Å². The van der Waals surface area contributed by atoms with Gasteiger partial charge in [-0.2, -0.15) is 0 Å². The molecule has 2 nitrogen and oxygen atoms in total. The van der Waals surface area contributed by atoms with E-state index in [1.807, 2.05) is 12.1 Å². The van der Waals surface area contributed by atoms with Gasteiger partial charge < -0.3 is 10.1 Å². The highest BCUT2D eigenvalue weighted by Crippen LogP contribution is 2.30. The van der Waals surface area contributed by atoms with E-state index in [2.05, 4.69) is 33.0 Å². The molecule has 0 amide bonds. The Kier molecular flexibility index (Phi) is 6.47. The fraction of sp³-hybridized carbons (Fsp3) is 0.647. The number of rotatable bonds is 7. The third-order valence-corrected chi connectivity index (χ3v) is 3.41. The van der Waals surface area contributed by atoms with E-state index in [1.165, 1.54) is 6.07 Å². The minimum atomic E-state index is -0.188. The van der Waals surface area contributed by atoms with E-state index < -0.39 is 0 Å². The van der Waals surface area contributed by atoms with Gasteiger partial charge in [-0.1, -0.05) is 33.8 Å². The molecule has 0 saturated carbocycles. The molecule has 1 unspecified atom stereocenters. The fourth-order valence-corrected chi connectivity index (χ4v) is 2.18. The van der Waals surface area contributed by atoms with Crippen LogP contribution >= 0.6 is 0 Å². The molecular weight excluding hydrogens is 253 g/mol. The van der Waals surface area contributed by atoms with Crippen LogP contribution in [0.3, 0.4) is 0 Å². The molecule has 20 heavy (non-hydrogen) atoms. The van der Waals surface area contributed by atoms with Crippen LogP contribution < -0.4 is 10.1 Å². The molecule has 1 rings (SSSR count). The first-order chi connectivity index (χ1) is 9.37. The van der Waals surface area contributed by atoms with Gasteiger partial charge in [0.15, 0.2) is 0 Å². The summed E-state index contributed by atoms with van der Waals surface area (Å²) >= 11 is 0. The topological polar surface area (TPSA) is 21.3 Å². The quantitative estimate of drug-likeness (QED) is 0.782. The lowest BCUT2D eigenvalue weighted by Crippen LogP contribution is -2.24. The minimum Gasteiger partial charge on any atom is -0.497 e. The van der Waals surface area contributed by atoms with Crippen LogP contribution in [-0.2, 0) is 0 Å². The number of ether oxygens (including phenoxy) is 1. The molecule has 0 heterocycles. The first-order valence-electron chi connectivity index (χ1n) is 7.44. The van der Waals surface area contributed by atoms with Gasteiger partial charge in [-0.05, 0) is 37.3 Å². The maximum atomic E-state index is 14.2. The van der Waals surface area contributed by atoms with Crippen LogP contribution in [0.2, 0.25) is 0 Å². The predicted molar refractivity (Wildman–Crippen MR) is 82.7 cm³/mol. The van der Waals surface area contributed by atoms with Gasteiger partial charge in [-0.15, -0.1) is 0 Å². The largest absolute Gasteiger partial charge is 0.497 e. The van der Waals surface area contributed by atoms with Gasteiger partial charge in [-0.3, -0.25) is 0 Å². The first-order valence-corrected chi connectivity index (χ1v) is 7.44. The van der Waals surface area contributed by atoms with Crippen molar-refractivity contribution in [2.45, 2.75) is 53.0 Å². The molecule has 0 aromatic heterocycles. The van der Waals surface area contributed by atoms with E-state index in [-0.39, 0.29) is 17.3 Å². The van der Waals surface area contributed by atoms with Crippen LogP contribution in [0.15, 0.2) is 18.2 Å². The predicted octanol–water partition coefficient (Wildman–Crippen LogP) is 4.70. The van der Waals surface area contributed by atoms with Crippen molar-refractivity contribution in [1.82, 2.24) is 5.32 Å². The second-order valence-corrected chi connectivity index (χ2v) is 6.49. The first kappa shape index (κ1) is 17.0. The molecule has 0 radical (unpaired) electrons. The fourth-order valence-electron chi connectivity index (χ4n) is 2.18. The van der Waals surface area contributed by atoms with Crippen LogP contribution in [0.5, 0.6) is 5.75 Å². The van der Waals surface area contributed by atoms with Crippen LogP contribution in [0.1, 0.15) is 58.6 Å². The second kappa shape index (κ2) is 7.63. The summed E-state index contributed by atoms with van der Waals surface area (Å²) in [5.41, 5.74) is 0.998. The molecule has 0 aliphatic carbocycles. The molecule has 1 aromatic rings. The number of halogens is 1. The number of benzene rings is 1. The van der Waals surface area contributed by atoms with Crippen molar-refractivity contribution in [3.63, 3.8) is 0 Å². The summed E-state index contributed by atoms with van der Waals surface area (Å²) < 4.78 is 19.3. The Labute approximate surface area is 122 Å². The van der Waals surface area contributed by atoms with Crippen molar-refractivity contribution in [2.75, 3.05) is 13.7 Å². The second-order valence-electron chi connectivity index (χ2n) is 6.49. The van der Waals surface area contributed by atoms with Crippen molar-refractivity contribution < 1.29 is 9.13 Å². The summed E-state index contributed by atoms with van der Waals surface area (Å²) in [6.45, 7) is 9.68. The molecule has 3 heteroatoms. The number of methoxy groups -OCH3 is 1. The molecule has 0 aliphatic rings. The molecule has 1 atom stereocenters. The highest BCUT2D eigenvalue weighted by Gasteiger charge is 2.19. The van der Waals surface area contributed by atoms with E-state index in [0.717, 1.165) is 31.4 Å². The summed E-state index contributed by atoms with van der Waals surface area (Å²) in [6, 6.07) is 5.20. The van der Waals surface area contributed by atoms with Gasteiger partial charge in [-0.25, -0.2) is 4.39 Å². The Morgan fingerprint density at radius 1 is 1.30 bits per heavy atom. The summed E-state index contributed by atoms with van der Waals surface area (Å²) in [4.78, 5) is 0. The third-order valence-electron chi connectivity index (χ3n) is 3.41. The zero-order chi connectivity index (χ0) is 15.2. The Hall–Kier alpha value is -1.09. The van der Waals surface area contributed by atoms with Gasteiger partial charge in [0.25, 0.3) is 0 Å². The smallest absolute Gasteiger partial charge is 0.131 e. The van der Waals surface area contributed by atoms with E-state index in [9.17, 15) is 4.39 Å². The lowest BCUT2D eigenvalue weighted by molar-refractivity contribution is 0.328. The lowest BCUT2D eigenvalue weighted by atomic mass is 9.87. The highest BCUT2D eigenvalue weighted by molar-refractivity contribution is 5.30. The van der Waals surface area contributed by atoms with Gasteiger partial charge in [0.2, 0.25) is 0 Å². The summed E-state index contributed by atoms with van der Waals surface area (Å²) in [5.74, 6) is 0.378.